The summed E-state index contributed by atoms with van der Waals surface area (Å²) in [7, 11) is 0. The van der Waals surface area contributed by atoms with Gasteiger partial charge in [0.25, 0.3) is 0 Å². The normalized spacial score (nSPS) is 25.0. The van der Waals surface area contributed by atoms with Gasteiger partial charge >= 0.3 is 0 Å². The van der Waals surface area contributed by atoms with Crippen LogP contribution >= 0.6 is 15.9 Å². The summed E-state index contributed by atoms with van der Waals surface area (Å²) < 4.78 is 36.3. The summed E-state index contributed by atoms with van der Waals surface area (Å²) in [5, 5.41) is -2.22. The molecule has 0 saturated heterocycles. The lowest BCUT2D eigenvalue weighted by molar-refractivity contribution is -0.129. The van der Waals surface area contributed by atoms with E-state index in [4.69, 9.17) is 6.85 Å². The number of carbonyl (C=O) groups excluding carboxylic acids is 1. The maximum Gasteiger partial charge on any atom is 0.141 e. The first-order valence-electron chi connectivity index (χ1n) is 5.51. The van der Waals surface area contributed by atoms with Gasteiger partial charge in [-0.2, -0.15) is 0 Å². The Balaban J connectivity index is 5.26. The Hall–Kier alpha value is 0.150. The molecule has 0 radical (unpaired) electrons. The Morgan fingerprint density at radius 1 is 1.80 bits per heavy atom. The number of ketones is 1. The SMILES string of the molecule is [2H]C([2H])([2H])C(C(=O)C(C)(C)C)C([2H])([2H])Br. The molecule has 0 aromatic carbocycles. The van der Waals surface area contributed by atoms with Gasteiger partial charge in [-0.25, -0.2) is 0 Å². The van der Waals surface area contributed by atoms with Gasteiger partial charge in [-0.05, 0) is 0 Å². The van der Waals surface area contributed by atoms with Crippen LogP contribution in [0.25, 0.3) is 0 Å². The zero-order valence-electron chi connectivity index (χ0n) is 11.4. The second-order valence-electron chi connectivity index (χ2n) is 3.16. The molecule has 0 heterocycles. The van der Waals surface area contributed by atoms with E-state index >= 15 is 0 Å². The van der Waals surface area contributed by atoms with Crippen molar-refractivity contribution in [3.8, 4) is 0 Å². The van der Waals surface area contributed by atoms with Crippen LogP contribution in [0.4, 0.5) is 0 Å². The number of alkyl halides is 1. The van der Waals surface area contributed by atoms with Gasteiger partial charge in [0.05, 0.1) is 0 Å². The third kappa shape index (κ3) is 2.82. The molecule has 0 N–H and O–H groups in total. The zero-order valence-corrected chi connectivity index (χ0v) is 7.95. The van der Waals surface area contributed by atoms with Crippen LogP contribution < -0.4 is 0 Å². The molecule has 0 bridgehead atoms. The molecule has 0 aliphatic heterocycles. The van der Waals surface area contributed by atoms with Gasteiger partial charge in [-0.15, -0.1) is 0 Å². The average Bonchev–Trinajstić information content (AvgIpc) is 1.76. The van der Waals surface area contributed by atoms with Crippen LogP contribution in [-0.4, -0.2) is 11.1 Å². The summed E-state index contributed by atoms with van der Waals surface area (Å²) >= 11 is 2.63. The molecule has 1 nitrogen and oxygen atoms in total. The highest BCUT2D eigenvalue weighted by Gasteiger charge is 2.25. The number of hydrogen-bond donors (Lipinski definition) is 0. The summed E-state index contributed by atoms with van der Waals surface area (Å²) in [6.07, 6.45) is 0. The van der Waals surface area contributed by atoms with Crippen molar-refractivity contribution in [1.29, 1.82) is 0 Å². The molecule has 0 fully saturated rings. The zero-order chi connectivity index (χ0) is 12.7. The Morgan fingerprint density at radius 3 is 2.40 bits per heavy atom. The molecule has 10 heavy (non-hydrogen) atoms. The second-order valence-corrected chi connectivity index (χ2v) is 3.61. The fourth-order valence-corrected chi connectivity index (χ4v) is 0.690. The second kappa shape index (κ2) is 3.51. The van der Waals surface area contributed by atoms with Crippen LogP contribution in [0.5, 0.6) is 0 Å². The van der Waals surface area contributed by atoms with Crippen molar-refractivity contribution < 1.29 is 11.6 Å². The lowest BCUT2D eigenvalue weighted by Gasteiger charge is -2.19. The third-order valence-electron chi connectivity index (χ3n) is 1.11. The first-order chi connectivity index (χ1) is 6.28. The van der Waals surface area contributed by atoms with Crippen molar-refractivity contribution in [3.63, 3.8) is 0 Å². The fraction of sp³-hybridized carbons (Fsp3) is 0.875. The van der Waals surface area contributed by atoms with E-state index in [1.165, 1.54) is 0 Å². The number of hydrogen-bond acceptors (Lipinski definition) is 1. The Labute approximate surface area is 78.3 Å². The molecule has 1 atom stereocenters. The molecule has 2 heteroatoms. The van der Waals surface area contributed by atoms with Crippen molar-refractivity contribution in [1.82, 2.24) is 0 Å². The van der Waals surface area contributed by atoms with Crippen LogP contribution in [0.1, 0.15) is 34.5 Å². The van der Waals surface area contributed by atoms with Crippen molar-refractivity contribution in [2.75, 3.05) is 5.28 Å². The van der Waals surface area contributed by atoms with Crippen molar-refractivity contribution in [2.45, 2.75) is 27.6 Å². The molecule has 0 aliphatic rings. The minimum absolute atomic E-state index is 0.607. The summed E-state index contributed by atoms with van der Waals surface area (Å²) in [6.45, 7) is 2.09. The van der Waals surface area contributed by atoms with Gasteiger partial charge in [0.2, 0.25) is 0 Å². The maximum atomic E-state index is 11.8. The van der Waals surface area contributed by atoms with Crippen LogP contribution in [0, 0.1) is 11.3 Å². The first kappa shape index (κ1) is 4.24. The topological polar surface area (TPSA) is 17.1 Å². The molecule has 0 aliphatic carbocycles. The van der Waals surface area contributed by atoms with E-state index in [1.807, 2.05) is 0 Å². The van der Waals surface area contributed by atoms with Gasteiger partial charge in [-0.1, -0.05) is 43.6 Å². The van der Waals surface area contributed by atoms with Crippen LogP contribution in [0.3, 0.4) is 0 Å². The highest BCUT2D eigenvalue weighted by molar-refractivity contribution is 9.09. The fourth-order valence-electron chi connectivity index (χ4n) is 0.483. The van der Waals surface area contributed by atoms with E-state index in [0.29, 0.717) is 0 Å². The average molecular weight is 212 g/mol. The molecule has 0 saturated carbocycles. The van der Waals surface area contributed by atoms with E-state index in [-0.39, 0.29) is 0 Å². The Bertz CT molecular complexity index is 233. The molecular weight excluding hydrogens is 192 g/mol. The number of carbonyl (C=O) groups is 1. The maximum absolute atomic E-state index is 11.8. The summed E-state index contributed by atoms with van der Waals surface area (Å²) in [4.78, 5) is 11.8. The molecule has 1 unspecified atom stereocenters. The monoisotopic (exact) mass is 211 g/mol. The largest absolute Gasteiger partial charge is 0.299 e. The Kier molecular flexibility index (Phi) is 1.49. The molecule has 60 valence electrons. The van der Waals surface area contributed by atoms with Crippen LogP contribution in [0.2, 0.25) is 0 Å². The number of halogens is 1. The van der Waals surface area contributed by atoms with Gasteiger partial charge < -0.3 is 0 Å². The minimum Gasteiger partial charge on any atom is -0.299 e. The molecule has 0 spiro atoms. The van der Waals surface area contributed by atoms with Crippen LogP contribution in [0.15, 0.2) is 0 Å². The van der Waals surface area contributed by atoms with E-state index in [9.17, 15) is 4.79 Å². The van der Waals surface area contributed by atoms with E-state index in [0.717, 1.165) is 0 Å². The van der Waals surface area contributed by atoms with Gasteiger partial charge in [0, 0.05) is 23.5 Å². The lowest BCUT2D eigenvalue weighted by Crippen LogP contribution is -2.27. The van der Waals surface area contributed by atoms with E-state index in [2.05, 4.69) is 15.9 Å². The smallest absolute Gasteiger partial charge is 0.141 e. The van der Waals surface area contributed by atoms with E-state index in [1.54, 1.807) is 20.8 Å². The minimum atomic E-state index is -2.64. The van der Waals surface area contributed by atoms with Crippen molar-refractivity contribution >= 4 is 21.7 Å². The quantitative estimate of drug-likeness (QED) is 0.643. The standard InChI is InChI=1S/C8H15BrO/c1-6(5-9)7(10)8(2,3)4/h6H,5H2,1-4H3/i1D3,5D2. The molecule has 0 amide bonds. The summed E-state index contributed by atoms with van der Waals surface area (Å²) in [5.41, 5.74) is -0.875. The van der Waals surface area contributed by atoms with Gasteiger partial charge in [-0.3, -0.25) is 4.79 Å². The van der Waals surface area contributed by atoms with Crippen molar-refractivity contribution in [2.24, 2.45) is 11.3 Å². The number of Topliss-reactive ketones (excluding diaryl/α,β-unsaturated/α-hetero) is 1. The van der Waals surface area contributed by atoms with Gasteiger partial charge in [0.15, 0.2) is 0 Å². The molecule has 0 aromatic rings. The van der Waals surface area contributed by atoms with Gasteiger partial charge in [0.1, 0.15) is 5.78 Å². The van der Waals surface area contributed by atoms with E-state index < -0.39 is 29.3 Å². The predicted molar refractivity (Wildman–Crippen MR) is 47.4 cm³/mol. The highest BCUT2D eigenvalue weighted by atomic mass is 79.9. The Morgan fingerprint density at radius 2 is 2.30 bits per heavy atom. The summed E-state index contributed by atoms with van der Waals surface area (Å²) in [5.74, 6) is -2.26. The highest BCUT2D eigenvalue weighted by Crippen LogP contribution is 2.20. The van der Waals surface area contributed by atoms with Crippen molar-refractivity contribution in [3.05, 3.63) is 0 Å². The summed E-state index contributed by atoms with van der Waals surface area (Å²) in [6, 6.07) is 0. The first-order valence-corrected chi connectivity index (χ1v) is 3.80. The number of rotatable bonds is 2. The molecule has 0 rings (SSSR count). The third-order valence-corrected chi connectivity index (χ3v) is 1.57. The molecule has 0 aromatic heterocycles. The lowest BCUT2D eigenvalue weighted by atomic mass is 9.85. The predicted octanol–water partition coefficient (Wildman–Crippen LogP) is 2.63. The van der Waals surface area contributed by atoms with Crippen LogP contribution in [-0.2, 0) is 4.79 Å². The molecular formula is C8H15BrO.